The SMILES string of the molecule is Cn1cc(C(F)(F)[C@H](O)NCc2ccc3c(c2)CN(C2CC[C@H](O)NC2=O)[C@H]3O)ccc1=O. The van der Waals surface area contributed by atoms with Crippen LogP contribution in [-0.2, 0) is 30.9 Å². The van der Waals surface area contributed by atoms with E-state index in [-0.39, 0.29) is 19.0 Å². The predicted octanol–water partition coefficient (Wildman–Crippen LogP) is -0.0112. The van der Waals surface area contributed by atoms with Crippen LogP contribution in [0.5, 0.6) is 0 Å². The average molecular weight is 464 g/mol. The summed E-state index contributed by atoms with van der Waals surface area (Å²) in [7, 11) is 1.35. The first-order chi connectivity index (χ1) is 15.6. The number of aliphatic hydroxyl groups is 3. The molecule has 9 nitrogen and oxygen atoms in total. The third-order valence-electron chi connectivity index (χ3n) is 6.19. The molecule has 0 saturated carbocycles. The standard InChI is InChI=1S/C22H26F2N4O5/c1-27-11-14(3-7-18(27)30)22(23,24)21(33)25-9-12-2-4-15-13(8-12)10-28(20(15)32)16-5-6-17(29)26-19(16)31/h2-4,7-8,11,16-17,20-21,25,29,32-33H,5-6,9-10H2,1H3,(H,26,31)/t16?,17-,20-,21-/m0/s1. The lowest BCUT2D eigenvalue weighted by atomic mass is 10.0. The minimum atomic E-state index is -3.63. The van der Waals surface area contributed by atoms with Gasteiger partial charge in [-0.1, -0.05) is 18.2 Å². The van der Waals surface area contributed by atoms with Gasteiger partial charge in [0.25, 0.3) is 0 Å². The minimum Gasteiger partial charge on any atom is -0.374 e. The number of hydrogen-bond donors (Lipinski definition) is 5. The Hall–Kier alpha value is -2.70. The number of piperidine rings is 1. The predicted molar refractivity (Wildman–Crippen MR) is 113 cm³/mol. The molecule has 1 fully saturated rings. The average Bonchev–Trinajstić information content (AvgIpc) is 3.09. The maximum atomic E-state index is 14.6. The summed E-state index contributed by atoms with van der Waals surface area (Å²) in [6.45, 7) is 0.220. The molecule has 5 N–H and O–H groups in total. The lowest BCUT2D eigenvalue weighted by Gasteiger charge is -2.34. The van der Waals surface area contributed by atoms with Crippen molar-refractivity contribution in [1.29, 1.82) is 0 Å². The molecule has 4 atom stereocenters. The molecule has 1 unspecified atom stereocenters. The van der Waals surface area contributed by atoms with Crippen molar-refractivity contribution >= 4 is 5.91 Å². The van der Waals surface area contributed by atoms with Crippen LogP contribution in [0, 0.1) is 0 Å². The topological polar surface area (TPSA) is 127 Å². The number of aliphatic hydroxyl groups excluding tert-OH is 3. The van der Waals surface area contributed by atoms with Crippen LogP contribution < -0.4 is 16.2 Å². The molecule has 33 heavy (non-hydrogen) atoms. The summed E-state index contributed by atoms with van der Waals surface area (Å²) in [6.07, 6.45) is -2.31. The zero-order valence-corrected chi connectivity index (χ0v) is 17.9. The molecular formula is C22H26F2N4O5. The van der Waals surface area contributed by atoms with Gasteiger partial charge in [-0.25, -0.2) is 0 Å². The fraction of sp³-hybridized carbons (Fsp3) is 0.455. The van der Waals surface area contributed by atoms with E-state index >= 15 is 0 Å². The van der Waals surface area contributed by atoms with E-state index < -0.39 is 41.8 Å². The number of carbonyl (C=O) groups excluding carboxylic acids is 1. The Balaban J connectivity index is 1.43. The van der Waals surface area contributed by atoms with Gasteiger partial charge < -0.3 is 25.2 Å². The van der Waals surface area contributed by atoms with Crippen LogP contribution in [0.2, 0.25) is 0 Å². The molecule has 4 rings (SSSR count). The first-order valence-electron chi connectivity index (χ1n) is 10.6. The molecule has 0 bridgehead atoms. The Labute approximate surface area is 188 Å². The normalized spacial score (nSPS) is 24.4. The summed E-state index contributed by atoms with van der Waals surface area (Å²) in [5.74, 6) is -3.99. The van der Waals surface area contributed by atoms with Crippen molar-refractivity contribution in [2.45, 2.75) is 56.6 Å². The number of nitrogens with zero attached hydrogens (tertiary/aromatic N) is 2. The highest BCUT2D eigenvalue weighted by atomic mass is 19.3. The molecule has 1 aromatic carbocycles. The van der Waals surface area contributed by atoms with E-state index in [9.17, 15) is 33.7 Å². The number of benzene rings is 1. The van der Waals surface area contributed by atoms with Crippen molar-refractivity contribution < 1.29 is 28.9 Å². The van der Waals surface area contributed by atoms with Crippen LogP contribution in [0.15, 0.2) is 41.3 Å². The Morgan fingerprint density at radius 3 is 2.67 bits per heavy atom. The number of alkyl halides is 2. The molecule has 0 radical (unpaired) electrons. The van der Waals surface area contributed by atoms with E-state index in [0.29, 0.717) is 24.0 Å². The van der Waals surface area contributed by atoms with Crippen LogP contribution in [0.4, 0.5) is 8.78 Å². The summed E-state index contributed by atoms with van der Waals surface area (Å²) in [5, 5.41) is 35.2. The number of fused-ring (bicyclic) bond motifs is 1. The Morgan fingerprint density at radius 1 is 1.21 bits per heavy atom. The molecule has 2 aromatic rings. The quantitative estimate of drug-likeness (QED) is 0.381. The Kier molecular flexibility index (Phi) is 6.34. The van der Waals surface area contributed by atoms with Gasteiger partial charge in [0.15, 0.2) is 6.23 Å². The number of pyridine rings is 1. The van der Waals surface area contributed by atoms with Gasteiger partial charge in [-0.2, -0.15) is 8.78 Å². The minimum absolute atomic E-state index is 0.0675. The second-order valence-electron chi connectivity index (χ2n) is 8.47. The molecule has 11 heteroatoms. The molecular weight excluding hydrogens is 438 g/mol. The third-order valence-corrected chi connectivity index (χ3v) is 6.19. The second kappa shape index (κ2) is 8.92. The van der Waals surface area contributed by atoms with E-state index in [4.69, 9.17) is 0 Å². The van der Waals surface area contributed by atoms with Crippen molar-refractivity contribution in [2.24, 2.45) is 7.05 Å². The number of nitrogens with one attached hydrogen (secondary N) is 2. The number of rotatable bonds is 6. The number of aromatic nitrogens is 1. The zero-order valence-electron chi connectivity index (χ0n) is 17.9. The maximum Gasteiger partial charge on any atom is 0.313 e. The summed E-state index contributed by atoms with van der Waals surface area (Å²) in [6, 6.07) is 6.47. The van der Waals surface area contributed by atoms with E-state index in [1.165, 1.54) is 7.05 Å². The summed E-state index contributed by atoms with van der Waals surface area (Å²) in [5.41, 5.74) is 1.05. The van der Waals surface area contributed by atoms with Crippen LogP contribution >= 0.6 is 0 Å². The van der Waals surface area contributed by atoms with Gasteiger partial charge in [0, 0.05) is 38.0 Å². The third kappa shape index (κ3) is 4.55. The zero-order chi connectivity index (χ0) is 23.9. The van der Waals surface area contributed by atoms with Crippen molar-refractivity contribution in [1.82, 2.24) is 20.1 Å². The molecule has 0 spiro atoms. The summed E-state index contributed by atoms with van der Waals surface area (Å²) < 4.78 is 30.3. The van der Waals surface area contributed by atoms with Crippen molar-refractivity contribution in [2.75, 3.05) is 0 Å². The monoisotopic (exact) mass is 464 g/mol. The number of carbonyl (C=O) groups is 1. The number of hydrogen-bond acceptors (Lipinski definition) is 7. The van der Waals surface area contributed by atoms with E-state index in [1.807, 2.05) is 0 Å². The summed E-state index contributed by atoms with van der Waals surface area (Å²) in [4.78, 5) is 25.3. The van der Waals surface area contributed by atoms with Crippen LogP contribution in [0.3, 0.4) is 0 Å². The van der Waals surface area contributed by atoms with E-state index in [1.54, 1.807) is 23.1 Å². The highest BCUT2D eigenvalue weighted by Crippen LogP contribution is 2.36. The van der Waals surface area contributed by atoms with Crippen LogP contribution in [-0.4, -0.2) is 49.2 Å². The van der Waals surface area contributed by atoms with Crippen molar-refractivity contribution in [3.05, 3.63) is 69.1 Å². The van der Waals surface area contributed by atoms with Gasteiger partial charge >= 0.3 is 5.92 Å². The lowest BCUT2D eigenvalue weighted by molar-refractivity contribution is -0.139. The number of halogens is 2. The molecule has 3 heterocycles. The number of amides is 1. The molecule has 178 valence electrons. The Morgan fingerprint density at radius 2 is 1.97 bits per heavy atom. The maximum absolute atomic E-state index is 14.6. The van der Waals surface area contributed by atoms with Crippen LogP contribution in [0.1, 0.15) is 41.3 Å². The molecule has 2 aliphatic heterocycles. The van der Waals surface area contributed by atoms with Gasteiger partial charge in [-0.15, -0.1) is 0 Å². The molecule has 0 aliphatic carbocycles. The van der Waals surface area contributed by atoms with Crippen molar-refractivity contribution in [3.8, 4) is 0 Å². The van der Waals surface area contributed by atoms with Gasteiger partial charge in [0.2, 0.25) is 11.5 Å². The molecule has 1 saturated heterocycles. The highest BCUT2D eigenvalue weighted by molar-refractivity contribution is 5.82. The lowest BCUT2D eigenvalue weighted by Crippen LogP contribution is -2.53. The fourth-order valence-corrected chi connectivity index (χ4v) is 4.29. The first kappa shape index (κ1) is 23.5. The first-order valence-corrected chi connectivity index (χ1v) is 10.6. The summed E-state index contributed by atoms with van der Waals surface area (Å²) >= 11 is 0. The van der Waals surface area contributed by atoms with Gasteiger partial charge in [-0.3, -0.25) is 19.8 Å². The highest BCUT2D eigenvalue weighted by Gasteiger charge is 2.41. The van der Waals surface area contributed by atoms with Gasteiger partial charge in [0.05, 0.1) is 6.04 Å². The molecule has 1 amide bonds. The van der Waals surface area contributed by atoms with E-state index in [0.717, 1.165) is 28.5 Å². The largest absolute Gasteiger partial charge is 0.374 e. The molecule has 1 aromatic heterocycles. The molecule has 2 aliphatic rings. The van der Waals surface area contributed by atoms with Crippen LogP contribution in [0.25, 0.3) is 0 Å². The van der Waals surface area contributed by atoms with Gasteiger partial charge in [-0.05, 0) is 35.6 Å². The smallest absolute Gasteiger partial charge is 0.313 e. The fourth-order valence-electron chi connectivity index (χ4n) is 4.29. The Bertz CT molecular complexity index is 1110. The van der Waals surface area contributed by atoms with E-state index in [2.05, 4.69) is 10.6 Å². The van der Waals surface area contributed by atoms with Crippen molar-refractivity contribution in [3.63, 3.8) is 0 Å². The van der Waals surface area contributed by atoms with Gasteiger partial charge in [0.1, 0.15) is 12.5 Å². The second-order valence-corrected chi connectivity index (χ2v) is 8.47. The number of aryl methyl sites for hydroxylation is 1.